The highest BCUT2D eigenvalue weighted by molar-refractivity contribution is 5.34. The summed E-state index contributed by atoms with van der Waals surface area (Å²) in [6.45, 7) is 13.4. The van der Waals surface area contributed by atoms with Crippen LogP contribution in [0.5, 0.6) is 0 Å². The third-order valence-corrected chi connectivity index (χ3v) is 1.24. The molecule has 0 saturated carbocycles. The highest BCUT2D eigenvalue weighted by Crippen LogP contribution is 1.82. The Kier molecular flexibility index (Phi) is 20.6. The Morgan fingerprint density at radius 1 is 1.24 bits per heavy atom. The second-order valence-electron chi connectivity index (χ2n) is 1.99. The van der Waals surface area contributed by atoms with E-state index in [1.54, 1.807) is 18.2 Å². The van der Waals surface area contributed by atoms with Crippen LogP contribution in [-0.4, -0.2) is 12.2 Å². The zero-order chi connectivity index (χ0) is 14.3. The van der Waals surface area contributed by atoms with Gasteiger partial charge in [0.1, 0.15) is 5.35 Å². The van der Waals surface area contributed by atoms with Crippen LogP contribution in [0.25, 0.3) is 12.2 Å². The van der Waals surface area contributed by atoms with Gasteiger partial charge in [0, 0.05) is 0 Å². The molecule has 0 bridgehead atoms. The molecule has 0 aliphatic carbocycles. The number of nitrogens with zero attached hydrogens (tertiary/aromatic N) is 1. The van der Waals surface area contributed by atoms with Gasteiger partial charge < -0.3 is 10.2 Å². The van der Waals surface area contributed by atoms with Crippen LogP contribution in [-0.2, 0) is 0 Å². The van der Waals surface area contributed by atoms with Gasteiger partial charge in [-0.05, 0) is 19.1 Å². The molecule has 0 atom stereocenters. The van der Waals surface area contributed by atoms with Crippen LogP contribution in [0.15, 0.2) is 17.1 Å². The van der Waals surface area contributed by atoms with E-state index in [4.69, 9.17) is 10.2 Å². The maximum atomic E-state index is 9.50. The molecule has 0 unspecified atom stereocenters. The van der Waals surface area contributed by atoms with E-state index in [0.717, 1.165) is 5.35 Å². The van der Waals surface area contributed by atoms with E-state index in [1.807, 2.05) is 34.6 Å². The van der Waals surface area contributed by atoms with E-state index in [0.29, 0.717) is 12.6 Å². The van der Waals surface area contributed by atoms with E-state index in [2.05, 4.69) is 11.6 Å². The Bertz CT molecular complexity index is 369. The molecule has 0 saturated heterocycles. The number of halogens is 1. The largest absolute Gasteiger partial charge is 0.424 e. The van der Waals surface area contributed by atoms with Gasteiger partial charge >= 0.3 is 0 Å². The fourth-order valence-corrected chi connectivity index (χ4v) is 0.799. The SMILES string of the molecule is C=C/C=c1/nc(N)o/c1=C/C.CC.CC.CF. The van der Waals surface area contributed by atoms with Crippen molar-refractivity contribution in [3.8, 4) is 0 Å². The lowest BCUT2D eigenvalue weighted by atomic mass is 10.4. The first-order valence-corrected chi connectivity index (χ1v) is 5.67. The Labute approximate surface area is 104 Å². The van der Waals surface area contributed by atoms with Gasteiger partial charge in [0.15, 0.2) is 5.42 Å². The Hall–Kier alpha value is -1.58. The monoisotopic (exact) mass is 244 g/mol. The van der Waals surface area contributed by atoms with E-state index in [1.165, 1.54) is 0 Å². The second kappa shape index (κ2) is 16.8. The summed E-state index contributed by atoms with van der Waals surface area (Å²) >= 11 is 0. The Morgan fingerprint density at radius 2 is 1.71 bits per heavy atom. The number of nitrogen functional groups attached to an aromatic ring is 1. The summed E-state index contributed by atoms with van der Waals surface area (Å²) in [7, 11) is 0.500. The predicted octanol–water partition coefficient (Wildman–Crippen LogP) is 2.66. The van der Waals surface area contributed by atoms with Crippen molar-refractivity contribution in [3.63, 3.8) is 0 Å². The van der Waals surface area contributed by atoms with Gasteiger partial charge in [-0.1, -0.05) is 40.3 Å². The molecule has 0 aliphatic rings. The molecule has 0 aromatic carbocycles. The van der Waals surface area contributed by atoms with Crippen molar-refractivity contribution in [2.45, 2.75) is 34.6 Å². The number of allylic oxidation sites excluding steroid dienone is 1. The van der Waals surface area contributed by atoms with Crippen molar-refractivity contribution in [1.29, 1.82) is 0 Å². The molecular formula is C13H25FN2O. The fourth-order valence-electron chi connectivity index (χ4n) is 0.799. The topological polar surface area (TPSA) is 52.0 Å². The zero-order valence-electron chi connectivity index (χ0n) is 11.7. The summed E-state index contributed by atoms with van der Waals surface area (Å²) in [4.78, 5) is 3.92. The van der Waals surface area contributed by atoms with Crippen molar-refractivity contribution >= 4 is 18.2 Å². The summed E-state index contributed by atoms with van der Waals surface area (Å²) in [5.41, 5.74) is 6.02. The number of oxazole rings is 1. The van der Waals surface area contributed by atoms with Crippen molar-refractivity contribution in [3.05, 3.63) is 23.4 Å². The number of nitrogens with two attached hydrogens (primary N) is 1. The van der Waals surface area contributed by atoms with Crippen LogP contribution < -0.4 is 16.5 Å². The maximum absolute atomic E-state index is 9.50. The third-order valence-electron chi connectivity index (χ3n) is 1.24. The van der Waals surface area contributed by atoms with Gasteiger partial charge in [-0.2, -0.15) is 4.98 Å². The van der Waals surface area contributed by atoms with Gasteiger partial charge in [0.2, 0.25) is 0 Å². The number of hydrogen-bond acceptors (Lipinski definition) is 3. The van der Waals surface area contributed by atoms with Crippen molar-refractivity contribution < 1.29 is 8.81 Å². The number of aromatic nitrogens is 1. The molecule has 17 heavy (non-hydrogen) atoms. The summed E-state index contributed by atoms with van der Waals surface area (Å²) in [5.74, 6) is 0. The predicted molar refractivity (Wildman–Crippen MR) is 74.7 cm³/mol. The second-order valence-corrected chi connectivity index (χ2v) is 1.99. The minimum Gasteiger partial charge on any atom is -0.424 e. The van der Waals surface area contributed by atoms with Gasteiger partial charge in [-0.15, -0.1) is 0 Å². The average Bonchev–Trinajstić information content (AvgIpc) is 2.77. The lowest BCUT2D eigenvalue weighted by molar-refractivity contribution is 0.545. The summed E-state index contributed by atoms with van der Waals surface area (Å²) in [6.07, 6.45) is 5.19. The van der Waals surface area contributed by atoms with Crippen molar-refractivity contribution in [2.24, 2.45) is 0 Å². The molecule has 1 heterocycles. The molecule has 1 aromatic heterocycles. The van der Waals surface area contributed by atoms with E-state index in [-0.39, 0.29) is 6.01 Å². The van der Waals surface area contributed by atoms with Crippen LogP contribution >= 0.6 is 0 Å². The zero-order valence-corrected chi connectivity index (χ0v) is 11.7. The van der Waals surface area contributed by atoms with Crippen molar-refractivity contribution in [1.82, 2.24) is 4.98 Å². The smallest absolute Gasteiger partial charge is 0.292 e. The fraction of sp³-hybridized carbons (Fsp3) is 0.462. The van der Waals surface area contributed by atoms with E-state index in [9.17, 15) is 4.39 Å². The first-order valence-electron chi connectivity index (χ1n) is 5.67. The summed E-state index contributed by atoms with van der Waals surface area (Å²) in [5, 5.41) is 0.722. The van der Waals surface area contributed by atoms with Gasteiger partial charge in [0.05, 0.1) is 7.18 Å². The van der Waals surface area contributed by atoms with Crippen molar-refractivity contribution in [2.75, 3.05) is 12.9 Å². The molecule has 0 aliphatic heterocycles. The summed E-state index contributed by atoms with van der Waals surface area (Å²) in [6, 6.07) is 0.186. The van der Waals surface area contributed by atoms with Gasteiger partial charge in [-0.25, -0.2) is 0 Å². The molecule has 1 rings (SSSR count). The standard InChI is InChI=1S/C8H10N2O.2C2H6.CH3F/c1-3-5-6-7(4-2)11-8(9)10-6;3*1-2/h3-5H,1H2,2H3,(H2,9,10);2*1-2H3;1H3/b6-5+,7-4+;;;. The number of alkyl halides is 1. The van der Waals surface area contributed by atoms with E-state index >= 15 is 0 Å². The Morgan fingerprint density at radius 3 is 2.06 bits per heavy atom. The number of rotatable bonds is 1. The number of anilines is 1. The lowest BCUT2D eigenvalue weighted by Crippen LogP contribution is -2.20. The molecule has 1 aromatic rings. The quantitative estimate of drug-likeness (QED) is 0.826. The first kappa shape index (κ1) is 20.8. The highest BCUT2D eigenvalue weighted by Gasteiger charge is 1.92. The highest BCUT2D eigenvalue weighted by atomic mass is 19.1. The first-order chi connectivity index (χ1) is 8.27. The van der Waals surface area contributed by atoms with Crippen LogP contribution in [0, 0.1) is 0 Å². The van der Waals surface area contributed by atoms with Gasteiger partial charge in [-0.3, -0.25) is 4.39 Å². The molecule has 0 radical (unpaired) electrons. The van der Waals surface area contributed by atoms with Crippen LogP contribution in [0.3, 0.4) is 0 Å². The molecule has 0 spiro atoms. The average molecular weight is 244 g/mol. The summed E-state index contributed by atoms with van der Waals surface area (Å²) < 4.78 is 14.5. The Balaban J connectivity index is -0.000000285. The molecule has 0 amide bonds. The van der Waals surface area contributed by atoms with E-state index < -0.39 is 0 Å². The normalized spacial score (nSPS) is 10.1. The maximum Gasteiger partial charge on any atom is 0.292 e. The molecular weight excluding hydrogens is 219 g/mol. The molecule has 4 heteroatoms. The molecule has 100 valence electrons. The minimum absolute atomic E-state index is 0.186. The van der Waals surface area contributed by atoms with Crippen LogP contribution in [0.4, 0.5) is 10.4 Å². The lowest BCUT2D eigenvalue weighted by Gasteiger charge is -1.71. The number of hydrogen-bond donors (Lipinski definition) is 1. The van der Waals surface area contributed by atoms with Crippen LogP contribution in [0.1, 0.15) is 34.6 Å². The third kappa shape index (κ3) is 9.35. The molecule has 2 N–H and O–H groups in total. The minimum atomic E-state index is 0.186. The molecule has 0 fully saturated rings. The van der Waals surface area contributed by atoms with Crippen LogP contribution in [0.2, 0.25) is 0 Å². The van der Waals surface area contributed by atoms with Gasteiger partial charge in [0.25, 0.3) is 6.01 Å². The molecule has 3 nitrogen and oxygen atoms in total.